The van der Waals surface area contributed by atoms with Gasteiger partial charge in [-0.05, 0) is 60.7 Å². The Kier molecular flexibility index (Phi) is 9.80. The molecular weight excluding hydrogens is 507 g/mol. The maximum Gasteiger partial charge on any atom is 0.412 e. The van der Waals surface area contributed by atoms with Gasteiger partial charge in [-0.2, -0.15) is 13.2 Å². The van der Waals surface area contributed by atoms with Crippen LogP contribution in [0.1, 0.15) is 18.4 Å². The quantitative estimate of drug-likeness (QED) is 0.242. The Bertz CT molecular complexity index is 1180. The fourth-order valence-electron chi connectivity index (χ4n) is 3.31. The molecule has 0 unspecified atom stereocenters. The van der Waals surface area contributed by atoms with Gasteiger partial charge in [-0.25, -0.2) is 23.9 Å². The van der Waals surface area contributed by atoms with Crippen LogP contribution in [0.3, 0.4) is 0 Å². The van der Waals surface area contributed by atoms with Crippen molar-refractivity contribution in [1.82, 2.24) is 15.6 Å². The zero-order chi connectivity index (χ0) is 26.1. The zero-order valence-electron chi connectivity index (χ0n) is 18.9. The van der Waals surface area contributed by atoms with Crippen molar-refractivity contribution in [3.8, 4) is 0 Å². The molecule has 1 aromatic heterocycles. The van der Waals surface area contributed by atoms with Crippen molar-refractivity contribution in [3.63, 3.8) is 0 Å². The van der Waals surface area contributed by atoms with Crippen molar-refractivity contribution in [2.75, 3.05) is 25.0 Å². The van der Waals surface area contributed by atoms with Crippen LogP contribution >= 0.6 is 11.6 Å². The summed E-state index contributed by atoms with van der Waals surface area (Å²) in [6.07, 6.45) is -3.05. The van der Waals surface area contributed by atoms with Gasteiger partial charge >= 0.3 is 12.3 Å². The number of hydrogen-bond acceptors (Lipinski definition) is 4. The van der Waals surface area contributed by atoms with Crippen LogP contribution in [0, 0.1) is 11.6 Å². The molecule has 1 amide bonds. The standard InChI is InChI=1S/C24H23ClF5N4O2/c25-22-16(3-1-5-20(22)27)12-32-19(4-2-8-31-14-24(28,29)30)13-36-23(35)34-21-10-17-9-18(26)7-6-15(17)11-33-21/h1,3,5-7,9-11,19,31H,2,4,8,12-14H2,(H,33,34,35)/t19-/m0/s1. The zero-order valence-corrected chi connectivity index (χ0v) is 19.7. The van der Waals surface area contributed by atoms with E-state index in [9.17, 15) is 26.7 Å². The van der Waals surface area contributed by atoms with E-state index in [0.29, 0.717) is 29.2 Å². The van der Waals surface area contributed by atoms with E-state index in [-0.39, 0.29) is 30.5 Å². The predicted molar refractivity (Wildman–Crippen MR) is 126 cm³/mol. The Morgan fingerprint density at radius 2 is 1.94 bits per heavy atom. The molecule has 2 aromatic carbocycles. The average molecular weight is 530 g/mol. The number of nitrogens with one attached hydrogen (secondary N) is 2. The molecule has 6 nitrogen and oxygen atoms in total. The molecule has 0 aliphatic carbocycles. The monoisotopic (exact) mass is 529 g/mol. The number of ether oxygens (including phenoxy) is 1. The highest BCUT2D eigenvalue weighted by molar-refractivity contribution is 6.31. The van der Waals surface area contributed by atoms with Gasteiger partial charge in [-0.3, -0.25) is 5.32 Å². The smallest absolute Gasteiger partial charge is 0.412 e. The third kappa shape index (κ3) is 8.89. The number of anilines is 1. The summed E-state index contributed by atoms with van der Waals surface area (Å²) < 4.78 is 69.3. The number of alkyl halides is 3. The molecule has 193 valence electrons. The number of fused-ring (bicyclic) bond motifs is 1. The van der Waals surface area contributed by atoms with Gasteiger partial charge in [-0.15, -0.1) is 0 Å². The second-order valence-electron chi connectivity index (χ2n) is 7.93. The maximum absolute atomic E-state index is 13.7. The maximum atomic E-state index is 13.7. The van der Waals surface area contributed by atoms with Gasteiger partial charge in [0.05, 0.1) is 17.6 Å². The predicted octanol–water partition coefficient (Wildman–Crippen LogP) is 5.82. The van der Waals surface area contributed by atoms with E-state index in [1.807, 2.05) is 0 Å². The SMILES string of the molecule is O=C(Nc1cc2cc(F)ccc2cn1)OC[C@H](CCCNCC(F)(F)F)[N]Cc1cccc(F)c1Cl. The Balaban J connectivity index is 1.55. The van der Waals surface area contributed by atoms with E-state index in [0.717, 1.165) is 0 Å². The summed E-state index contributed by atoms with van der Waals surface area (Å²) in [5.74, 6) is -0.889. The van der Waals surface area contributed by atoms with Crippen LogP contribution < -0.4 is 16.0 Å². The molecule has 1 atom stereocenters. The number of nitrogens with zero attached hydrogens (tertiary/aromatic N) is 2. The van der Waals surface area contributed by atoms with Crippen LogP contribution in [0.2, 0.25) is 5.02 Å². The van der Waals surface area contributed by atoms with Crippen molar-refractivity contribution in [1.29, 1.82) is 0 Å². The number of halogens is 6. The number of benzene rings is 2. The number of carbonyl (C=O) groups is 1. The number of amides is 1. The number of aromatic nitrogens is 1. The largest absolute Gasteiger partial charge is 0.448 e. The van der Waals surface area contributed by atoms with Crippen LogP contribution in [0.25, 0.3) is 10.8 Å². The normalized spacial score (nSPS) is 12.5. The highest BCUT2D eigenvalue weighted by atomic mass is 35.5. The van der Waals surface area contributed by atoms with Crippen LogP contribution in [0.5, 0.6) is 0 Å². The first-order chi connectivity index (χ1) is 17.1. The molecule has 3 rings (SSSR count). The van der Waals surface area contributed by atoms with Crippen LogP contribution in [0.4, 0.5) is 32.6 Å². The van der Waals surface area contributed by atoms with Crippen LogP contribution in [-0.2, 0) is 11.3 Å². The van der Waals surface area contributed by atoms with Gasteiger partial charge < -0.3 is 10.1 Å². The number of rotatable bonds is 11. The fraction of sp³-hybridized carbons (Fsp3) is 0.333. The van der Waals surface area contributed by atoms with E-state index >= 15 is 0 Å². The molecule has 12 heteroatoms. The Hall–Kier alpha value is -3.02. The fourth-order valence-corrected chi connectivity index (χ4v) is 3.50. The van der Waals surface area contributed by atoms with Crippen LogP contribution in [-0.4, -0.2) is 43.0 Å². The molecule has 0 aliphatic heterocycles. The molecule has 3 aromatic rings. The summed E-state index contributed by atoms with van der Waals surface area (Å²) in [5.41, 5.74) is 0.425. The molecule has 0 saturated heterocycles. The Labute approximate surface area is 209 Å². The Morgan fingerprint density at radius 3 is 2.72 bits per heavy atom. The minimum absolute atomic E-state index is 0.0278. The average Bonchev–Trinajstić information content (AvgIpc) is 2.81. The summed E-state index contributed by atoms with van der Waals surface area (Å²) in [5, 5.41) is 10.3. The van der Waals surface area contributed by atoms with Gasteiger partial charge in [0, 0.05) is 18.1 Å². The molecular formula is C24H23ClF5N4O2. The van der Waals surface area contributed by atoms with E-state index < -0.39 is 36.5 Å². The highest BCUT2D eigenvalue weighted by Crippen LogP contribution is 2.21. The summed E-state index contributed by atoms with van der Waals surface area (Å²) in [6.45, 7) is -1.19. The lowest BCUT2D eigenvalue weighted by molar-refractivity contribution is -0.124. The molecule has 0 aliphatic rings. The van der Waals surface area contributed by atoms with Crippen LogP contribution in [0.15, 0.2) is 48.7 Å². The molecule has 1 radical (unpaired) electrons. The summed E-state index contributed by atoms with van der Waals surface area (Å²) in [4.78, 5) is 16.4. The van der Waals surface area contributed by atoms with E-state index in [1.54, 1.807) is 12.1 Å². The van der Waals surface area contributed by atoms with Crippen molar-refractivity contribution in [2.45, 2.75) is 31.6 Å². The third-order valence-corrected chi connectivity index (χ3v) is 5.51. The Morgan fingerprint density at radius 1 is 1.14 bits per heavy atom. The van der Waals surface area contributed by atoms with Gasteiger partial charge in [-0.1, -0.05) is 23.7 Å². The van der Waals surface area contributed by atoms with Gasteiger partial charge in [0.1, 0.15) is 24.1 Å². The van der Waals surface area contributed by atoms with E-state index in [1.165, 1.54) is 36.5 Å². The second kappa shape index (κ2) is 12.8. The summed E-state index contributed by atoms with van der Waals surface area (Å²) >= 11 is 5.96. The first-order valence-corrected chi connectivity index (χ1v) is 11.3. The number of carbonyl (C=O) groups excluding carboxylic acids is 1. The summed E-state index contributed by atoms with van der Waals surface area (Å²) in [7, 11) is 0. The molecule has 0 fully saturated rings. The number of pyridine rings is 1. The van der Waals surface area contributed by atoms with Gasteiger partial charge in [0.15, 0.2) is 0 Å². The van der Waals surface area contributed by atoms with Crippen molar-refractivity contribution < 1.29 is 31.5 Å². The molecule has 0 spiro atoms. The topological polar surface area (TPSA) is 77.3 Å². The van der Waals surface area contributed by atoms with Crippen molar-refractivity contribution >= 4 is 34.3 Å². The first-order valence-electron chi connectivity index (χ1n) is 11.0. The van der Waals surface area contributed by atoms with E-state index in [4.69, 9.17) is 16.3 Å². The van der Waals surface area contributed by atoms with Crippen molar-refractivity contribution in [3.05, 3.63) is 70.9 Å². The van der Waals surface area contributed by atoms with Crippen molar-refractivity contribution in [2.24, 2.45) is 0 Å². The molecule has 0 bridgehead atoms. The van der Waals surface area contributed by atoms with E-state index in [2.05, 4.69) is 20.9 Å². The molecule has 0 saturated carbocycles. The van der Waals surface area contributed by atoms with Gasteiger partial charge in [0.25, 0.3) is 0 Å². The minimum atomic E-state index is -4.32. The molecule has 1 heterocycles. The lowest BCUT2D eigenvalue weighted by Gasteiger charge is -2.18. The van der Waals surface area contributed by atoms with Gasteiger partial charge in [0.2, 0.25) is 0 Å². The molecule has 36 heavy (non-hydrogen) atoms. The third-order valence-electron chi connectivity index (χ3n) is 5.09. The lowest BCUT2D eigenvalue weighted by atomic mass is 10.1. The highest BCUT2D eigenvalue weighted by Gasteiger charge is 2.26. The minimum Gasteiger partial charge on any atom is -0.448 e. The second-order valence-corrected chi connectivity index (χ2v) is 8.30. The summed E-state index contributed by atoms with van der Waals surface area (Å²) in [6, 6.07) is 9.34. The first kappa shape index (κ1) is 27.6. The molecule has 2 N–H and O–H groups in total. The number of hydrogen-bond donors (Lipinski definition) is 2. The lowest BCUT2D eigenvalue weighted by Crippen LogP contribution is -2.33.